The van der Waals surface area contributed by atoms with E-state index >= 15 is 0 Å². The molecule has 0 amide bonds. The lowest BCUT2D eigenvalue weighted by Crippen LogP contribution is -2.31. The molecular formula is C12H16N4. The summed E-state index contributed by atoms with van der Waals surface area (Å²) in [5, 5.41) is 19.8. The Morgan fingerprint density at radius 1 is 1.44 bits per heavy atom. The smallest absolute Gasteiger partial charge is 0.163 e. The molecule has 1 heterocycles. The van der Waals surface area contributed by atoms with Gasteiger partial charge in [0.15, 0.2) is 5.69 Å². The summed E-state index contributed by atoms with van der Waals surface area (Å²) in [4.78, 5) is 0. The van der Waals surface area contributed by atoms with Crippen molar-refractivity contribution in [3.63, 3.8) is 0 Å². The molecule has 1 aromatic heterocycles. The third-order valence-electron chi connectivity index (χ3n) is 3.36. The first kappa shape index (κ1) is 10.9. The molecule has 4 heteroatoms. The lowest BCUT2D eigenvalue weighted by Gasteiger charge is -2.27. The Kier molecular flexibility index (Phi) is 2.78. The molecule has 1 unspecified atom stereocenters. The molecule has 0 spiro atoms. The molecule has 1 atom stereocenters. The number of hydrogen-bond donors (Lipinski definition) is 1. The number of hydrogen-bond acceptors (Lipinski definition) is 4. The zero-order valence-electron chi connectivity index (χ0n) is 9.70. The van der Waals surface area contributed by atoms with Gasteiger partial charge in [0, 0.05) is 6.04 Å². The van der Waals surface area contributed by atoms with Crippen LogP contribution in [-0.2, 0) is 0 Å². The van der Waals surface area contributed by atoms with Gasteiger partial charge in [-0.15, -0.1) is 10.2 Å². The summed E-state index contributed by atoms with van der Waals surface area (Å²) in [6.45, 7) is 4.55. The largest absolute Gasteiger partial charge is 0.365 e. The Morgan fingerprint density at radius 2 is 2.25 bits per heavy atom. The van der Waals surface area contributed by atoms with Crippen molar-refractivity contribution >= 4 is 5.82 Å². The first-order chi connectivity index (χ1) is 7.62. The van der Waals surface area contributed by atoms with Crippen molar-refractivity contribution in [2.75, 3.05) is 5.32 Å². The van der Waals surface area contributed by atoms with Gasteiger partial charge in [-0.2, -0.15) is 5.26 Å². The molecule has 1 fully saturated rings. The van der Waals surface area contributed by atoms with Crippen LogP contribution in [0.1, 0.15) is 38.8 Å². The van der Waals surface area contributed by atoms with E-state index < -0.39 is 0 Å². The van der Waals surface area contributed by atoms with E-state index in [1.807, 2.05) is 12.1 Å². The number of nitriles is 1. The van der Waals surface area contributed by atoms with Gasteiger partial charge >= 0.3 is 0 Å². The summed E-state index contributed by atoms with van der Waals surface area (Å²) in [7, 11) is 0. The summed E-state index contributed by atoms with van der Waals surface area (Å²) in [6.07, 6.45) is 3.68. The second-order valence-electron chi connectivity index (χ2n) is 4.99. The van der Waals surface area contributed by atoms with Crippen LogP contribution in [0, 0.1) is 16.7 Å². The minimum atomic E-state index is 0.315. The fourth-order valence-electron chi connectivity index (χ4n) is 2.24. The van der Waals surface area contributed by atoms with Crippen LogP contribution in [-0.4, -0.2) is 16.2 Å². The van der Waals surface area contributed by atoms with E-state index in [-0.39, 0.29) is 0 Å². The lowest BCUT2D eigenvalue weighted by atomic mass is 9.87. The first-order valence-corrected chi connectivity index (χ1v) is 5.62. The summed E-state index contributed by atoms with van der Waals surface area (Å²) in [6, 6.07) is 5.93. The molecule has 1 aliphatic rings. The minimum absolute atomic E-state index is 0.315. The van der Waals surface area contributed by atoms with Crippen LogP contribution in [0.15, 0.2) is 12.1 Å². The van der Waals surface area contributed by atoms with E-state index in [9.17, 15) is 0 Å². The van der Waals surface area contributed by atoms with Crippen molar-refractivity contribution in [1.29, 1.82) is 5.26 Å². The van der Waals surface area contributed by atoms with Gasteiger partial charge in [0.1, 0.15) is 11.9 Å². The Hall–Kier alpha value is -1.63. The SMILES string of the molecule is CC1(C)CCCC1Nc1ccc(C#N)nn1. The van der Waals surface area contributed by atoms with Crippen molar-refractivity contribution in [2.24, 2.45) is 5.41 Å². The van der Waals surface area contributed by atoms with Gasteiger partial charge in [-0.1, -0.05) is 20.3 Å². The Labute approximate surface area is 95.7 Å². The molecule has 84 valence electrons. The molecule has 0 aromatic carbocycles. The van der Waals surface area contributed by atoms with Gasteiger partial charge < -0.3 is 5.32 Å². The molecule has 0 radical (unpaired) electrons. The topological polar surface area (TPSA) is 61.6 Å². The normalized spacial score (nSPS) is 22.7. The van der Waals surface area contributed by atoms with E-state index in [4.69, 9.17) is 5.26 Å². The van der Waals surface area contributed by atoms with E-state index in [1.165, 1.54) is 19.3 Å². The van der Waals surface area contributed by atoms with Gasteiger partial charge in [-0.25, -0.2) is 0 Å². The predicted octanol–water partition coefficient (Wildman–Crippen LogP) is 2.34. The van der Waals surface area contributed by atoms with Gasteiger partial charge in [-0.3, -0.25) is 0 Å². The fourth-order valence-corrected chi connectivity index (χ4v) is 2.24. The molecule has 4 nitrogen and oxygen atoms in total. The fraction of sp³-hybridized carbons (Fsp3) is 0.583. The minimum Gasteiger partial charge on any atom is -0.365 e. The lowest BCUT2D eigenvalue weighted by molar-refractivity contribution is 0.349. The van der Waals surface area contributed by atoms with E-state index in [2.05, 4.69) is 29.4 Å². The van der Waals surface area contributed by atoms with Crippen molar-refractivity contribution in [3.8, 4) is 6.07 Å². The van der Waals surface area contributed by atoms with Gasteiger partial charge in [-0.05, 0) is 30.4 Å². The molecular weight excluding hydrogens is 200 g/mol. The zero-order valence-corrected chi connectivity index (χ0v) is 9.70. The second-order valence-corrected chi connectivity index (χ2v) is 4.99. The molecule has 1 N–H and O–H groups in total. The molecule has 2 rings (SSSR count). The van der Waals surface area contributed by atoms with Crippen LogP contribution < -0.4 is 5.32 Å². The maximum atomic E-state index is 8.62. The Bertz CT molecular complexity index is 402. The quantitative estimate of drug-likeness (QED) is 0.824. The first-order valence-electron chi connectivity index (χ1n) is 5.62. The van der Waals surface area contributed by atoms with Crippen LogP contribution in [0.5, 0.6) is 0 Å². The standard InChI is InChI=1S/C12H16N4/c1-12(2)7-3-4-10(12)14-11-6-5-9(8-13)15-16-11/h5-6,10H,3-4,7H2,1-2H3,(H,14,16). The highest BCUT2D eigenvalue weighted by molar-refractivity contribution is 5.37. The van der Waals surface area contributed by atoms with Gasteiger partial charge in [0.05, 0.1) is 0 Å². The Balaban J connectivity index is 2.07. The summed E-state index contributed by atoms with van der Waals surface area (Å²) in [5.41, 5.74) is 0.673. The van der Waals surface area contributed by atoms with E-state index in [1.54, 1.807) is 6.07 Å². The third kappa shape index (κ3) is 2.13. The van der Waals surface area contributed by atoms with Crippen LogP contribution in [0.3, 0.4) is 0 Å². The number of nitrogens with one attached hydrogen (secondary N) is 1. The highest BCUT2D eigenvalue weighted by Crippen LogP contribution is 2.38. The number of anilines is 1. The molecule has 1 aromatic rings. The second kappa shape index (κ2) is 4.09. The van der Waals surface area contributed by atoms with Crippen LogP contribution in [0.2, 0.25) is 0 Å². The van der Waals surface area contributed by atoms with Crippen molar-refractivity contribution in [1.82, 2.24) is 10.2 Å². The predicted molar refractivity (Wildman–Crippen MR) is 61.8 cm³/mol. The van der Waals surface area contributed by atoms with Crippen LogP contribution in [0.4, 0.5) is 5.82 Å². The zero-order chi connectivity index (χ0) is 11.6. The molecule has 1 saturated carbocycles. The average molecular weight is 216 g/mol. The highest BCUT2D eigenvalue weighted by atomic mass is 15.2. The maximum Gasteiger partial charge on any atom is 0.163 e. The highest BCUT2D eigenvalue weighted by Gasteiger charge is 2.34. The average Bonchev–Trinajstić information content (AvgIpc) is 2.59. The molecule has 16 heavy (non-hydrogen) atoms. The van der Waals surface area contributed by atoms with Crippen LogP contribution in [0.25, 0.3) is 0 Å². The molecule has 0 aliphatic heterocycles. The van der Waals surface area contributed by atoms with Gasteiger partial charge in [0.25, 0.3) is 0 Å². The molecule has 1 aliphatic carbocycles. The van der Waals surface area contributed by atoms with Crippen LogP contribution >= 0.6 is 0 Å². The number of nitrogens with zero attached hydrogens (tertiary/aromatic N) is 3. The van der Waals surface area contributed by atoms with Crippen molar-refractivity contribution < 1.29 is 0 Å². The summed E-state index contributed by atoms with van der Waals surface area (Å²) < 4.78 is 0. The number of aromatic nitrogens is 2. The summed E-state index contributed by atoms with van der Waals surface area (Å²) >= 11 is 0. The maximum absolute atomic E-state index is 8.62. The molecule has 0 bridgehead atoms. The van der Waals surface area contributed by atoms with Gasteiger partial charge in [0.2, 0.25) is 0 Å². The monoisotopic (exact) mass is 216 g/mol. The summed E-state index contributed by atoms with van der Waals surface area (Å²) in [5.74, 6) is 0.763. The van der Waals surface area contributed by atoms with E-state index in [0.717, 1.165) is 5.82 Å². The van der Waals surface area contributed by atoms with E-state index in [0.29, 0.717) is 17.2 Å². The molecule has 0 saturated heterocycles. The Morgan fingerprint density at radius 3 is 2.75 bits per heavy atom. The third-order valence-corrected chi connectivity index (χ3v) is 3.36. The van der Waals surface area contributed by atoms with Crippen molar-refractivity contribution in [3.05, 3.63) is 17.8 Å². The number of rotatable bonds is 2. The van der Waals surface area contributed by atoms with Crippen molar-refractivity contribution in [2.45, 2.75) is 39.2 Å².